The van der Waals surface area contributed by atoms with Gasteiger partial charge in [0.15, 0.2) is 11.5 Å². The lowest BCUT2D eigenvalue weighted by atomic mass is 9.85. The maximum absolute atomic E-state index is 13.2. The van der Waals surface area contributed by atoms with Crippen LogP contribution in [-0.2, 0) is 20.0 Å². The zero-order valence-electron chi connectivity index (χ0n) is 19.6. The third kappa shape index (κ3) is 4.80. The van der Waals surface area contributed by atoms with E-state index in [0.717, 1.165) is 46.4 Å². The lowest BCUT2D eigenvalue weighted by Crippen LogP contribution is -2.11. The molecule has 1 aliphatic carbocycles. The molecule has 8 heteroatoms. The van der Waals surface area contributed by atoms with Gasteiger partial charge in [-0.1, -0.05) is 12.1 Å². The molecule has 32 heavy (non-hydrogen) atoms. The Labute approximate surface area is 190 Å². The fourth-order valence-corrected chi connectivity index (χ4v) is 5.47. The van der Waals surface area contributed by atoms with Crippen LogP contribution in [-0.4, -0.2) is 34.5 Å². The van der Waals surface area contributed by atoms with Crippen molar-refractivity contribution in [1.82, 2.24) is 0 Å². The number of hydrogen-bond acceptors (Lipinski definition) is 6. The molecule has 0 saturated carbocycles. The molecule has 7 nitrogen and oxygen atoms in total. The summed E-state index contributed by atoms with van der Waals surface area (Å²) in [7, 11) is 1.33. The second-order valence-corrected chi connectivity index (χ2v) is 9.03. The molecule has 0 fully saturated rings. The van der Waals surface area contributed by atoms with E-state index in [4.69, 9.17) is 23.3 Å². The van der Waals surface area contributed by atoms with Gasteiger partial charge in [-0.3, -0.25) is 14.1 Å². The number of allylic oxidation sites excluding steroid dienone is 1. The molecule has 0 unspecified atom stereocenters. The summed E-state index contributed by atoms with van der Waals surface area (Å²) in [6.07, 6.45) is 3.80. The molecule has 0 bridgehead atoms. The Bertz CT molecular complexity index is 1040. The predicted octanol–water partition coefficient (Wildman–Crippen LogP) is 5.99. The number of rotatable bonds is 10. The SMILES string of the molecule is CCOP(=O)(Nc1c(OC)ccc2c1CCC=C2c1cc(C)c(OC)c(OC)c1)OCC. The van der Waals surface area contributed by atoms with Crippen molar-refractivity contribution in [2.75, 3.05) is 39.6 Å². The highest BCUT2D eigenvalue weighted by molar-refractivity contribution is 7.55. The Morgan fingerprint density at radius 2 is 1.66 bits per heavy atom. The number of aryl methyl sites for hydroxylation is 1. The van der Waals surface area contributed by atoms with Crippen molar-refractivity contribution in [1.29, 1.82) is 0 Å². The second kappa shape index (κ2) is 10.4. The van der Waals surface area contributed by atoms with Gasteiger partial charge in [-0.2, -0.15) is 0 Å². The molecule has 174 valence electrons. The Hall–Kier alpha value is -2.47. The summed E-state index contributed by atoms with van der Waals surface area (Å²) < 4.78 is 40.8. The van der Waals surface area contributed by atoms with Crippen molar-refractivity contribution in [2.24, 2.45) is 0 Å². The molecular weight excluding hydrogens is 429 g/mol. The highest BCUT2D eigenvalue weighted by atomic mass is 31.2. The van der Waals surface area contributed by atoms with Crippen LogP contribution in [0, 0.1) is 6.92 Å². The number of benzene rings is 2. The largest absolute Gasteiger partial charge is 0.495 e. The van der Waals surface area contributed by atoms with E-state index in [1.54, 1.807) is 35.2 Å². The van der Waals surface area contributed by atoms with E-state index in [9.17, 15) is 4.57 Å². The molecule has 2 aromatic carbocycles. The first-order chi connectivity index (χ1) is 15.4. The van der Waals surface area contributed by atoms with Gasteiger partial charge >= 0.3 is 7.75 Å². The maximum atomic E-state index is 13.2. The predicted molar refractivity (Wildman–Crippen MR) is 127 cm³/mol. The number of hydrogen-bond donors (Lipinski definition) is 1. The summed E-state index contributed by atoms with van der Waals surface area (Å²) in [5.74, 6) is 1.99. The van der Waals surface area contributed by atoms with Crippen LogP contribution < -0.4 is 19.3 Å². The average Bonchev–Trinajstić information content (AvgIpc) is 2.78. The maximum Gasteiger partial charge on any atom is 0.432 e. The fraction of sp³-hybridized carbons (Fsp3) is 0.417. The molecule has 0 heterocycles. The van der Waals surface area contributed by atoms with Gasteiger partial charge in [0, 0.05) is 0 Å². The van der Waals surface area contributed by atoms with Crippen molar-refractivity contribution < 1.29 is 27.8 Å². The van der Waals surface area contributed by atoms with Gasteiger partial charge in [-0.15, -0.1) is 0 Å². The molecule has 0 spiro atoms. The van der Waals surface area contributed by atoms with Crippen molar-refractivity contribution >= 4 is 19.0 Å². The Morgan fingerprint density at radius 1 is 0.969 bits per heavy atom. The topological polar surface area (TPSA) is 75.3 Å². The Balaban J connectivity index is 2.12. The number of ether oxygens (including phenoxy) is 3. The number of methoxy groups -OCH3 is 3. The Kier molecular flexibility index (Phi) is 7.88. The number of fused-ring (bicyclic) bond motifs is 1. The van der Waals surface area contributed by atoms with Gasteiger partial charge in [0.05, 0.1) is 40.2 Å². The highest BCUT2D eigenvalue weighted by Gasteiger charge is 2.29. The molecule has 0 aliphatic heterocycles. The summed E-state index contributed by atoms with van der Waals surface area (Å²) in [5, 5.41) is 3.04. The van der Waals surface area contributed by atoms with Gasteiger partial charge in [0.25, 0.3) is 0 Å². The summed E-state index contributed by atoms with van der Waals surface area (Å²) in [4.78, 5) is 0. The second-order valence-electron chi connectivity index (χ2n) is 7.30. The van der Waals surface area contributed by atoms with Gasteiger partial charge in [-0.05, 0) is 79.6 Å². The summed E-state index contributed by atoms with van der Waals surface area (Å²) in [5.41, 5.74) is 5.76. The number of nitrogens with one attached hydrogen (secondary N) is 1. The molecule has 0 atom stereocenters. The summed E-state index contributed by atoms with van der Waals surface area (Å²) in [6.45, 7) is 6.09. The van der Waals surface area contributed by atoms with Crippen molar-refractivity contribution in [3.63, 3.8) is 0 Å². The van der Waals surface area contributed by atoms with Gasteiger partial charge in [-0.25, -0.2) is 4.57 Å². The molecular formula is C24H32NO6P. The van der Waals surface area contributed by atoms with Crippen LogP contribution in [0.4, 0.5) is 5.69 Å². The minimum atomic E-state index is -3.54. The first kappa shape index (κ1) is 24.2. The van der Waals surface area contributed by atoms with Crippen LogP contribution in [0.5, 0.6) is 17.2 Å². The lowest BCUT2D eigenvalue weighted by Gasteiger charge is -2.26. The van der Waals surface area contributed by atoms with Crippen LogP contribution in [0.3, 0.4) is 0 Å². The molecule has 0 amide bonds. The van der Waals surface area contributed by atoms with Crippen LogP contribution in [0.15, 0.2) is 30.3 Å². The third-order valence-electron chi connectivity index (χ3n) is 5.35. The smallest absolute Gasteiger partial charge is 0.432 e. The molecule has 3 rings (SSSR count). The van der Waals surface area contributed by atoms with Crippen LogP contribution in [0.25, 0.3) is 5.57 Å². The first-order valence-corrected chi connectivity index (χ1v) is 12.3. The van der Waals surface area contributed by atoms with Crippen molar-refractivity contribution in [3.05, 3.63) is 52.6 Å². The molecule has 0 aromatic heterocycles. The lowest BCUT2D eigenvalue weighted by molar-refractivity contribution is 0.225. The van der Waals surface area contributed by atoms with E-state index in [1.165, 1.54) is 0 Å². The minimum absolute atomic E-state index is 0.262. The summed E-state index contributed by atoms with van der Waals surface area (Å²) >= 11 is 0. The number of anilines is 1. The van der Waals surface area contributed by atoms with Gasteiger partial charge < -0.3 is 14.2 Å². The quantitative estimate of drug-likeness (QED) is 0.436. The standard InChI is InChI=1S/C24H32NO6P/c1-7-30-32(26,31-8-2)25-23-20-11-9-10-18(19(20)12-13-21(23)27-4)17-14-16(3)24(29-6)22(15-17)28-5/h10,12-15H,7-9,11H2,1-6H3,(H,25,26). The van der Waals surface area contributed by atoms with Crippen LogP contribution in [0.2, 0.25) is 0 Å². The monoisotopic (exact) mass is 461 g/mol. The molecule has 0 radical (unpaired) electrons. The van der Waals surface area contributed by atoms with Crippen LogP contribution in [0.1, 0.15) is 42.5 Å². The minimum Gasteiger partial charge on any atom is -0.495 e. The van der Waals surface area contributed by atoms with E-state index in [0.29, 0.717) is 17.2 Å². The van der Waals surface area contributed by atoms with E-state index in [1.807, 2.05) is 25.1 Å². The van der Waals surface area contributed by atoms with E-state index in [-0.39, 0.29) is 13.2 Å². The van der Waals surface area contributed by atoms with E-state index >= 15 is 0 Å². The van der Waals surface area contributed by atoms with Crippen LogP contribution >= 0.6 is 7.75 Å². The van der Waals surface area contributed by atoms with Gasteiger partial charge in [0.2, 0.25) is 0 Å². The first-order valence-electron chi connectivity index (χ1n) is 10.7. The molecule has 1 aliphatic rings. The third-order valence-corrected chi connectivity index (χ3v) is 7.04. The molecule has 1 N–H and O–H groups in total. The zero-order chi connectivity index (χ0) is 23.3. The summed E-state index contributed by atoms with van der Waals surface area (Å²) in [6, 6.07) is 7.97. The average molecular weight is 461 g/mol. The van der Waals surface area contributed by atoms with Crippen molar-refractivity contribution in [2.45, 2.75) is 33.6 Å². The van der Waals surface area contributed by atoms with Gasteiger partial charge in [0.1, 0.15) is 5.75 Å². The fourth-order valence-electron chi connectivity index (χ4n) is 4.06. The Morgan fingerprint density at radius 3 is 2.25 bits per heavy atom. The van der Waals surface area contributed by atoms with Crippen molar-refractivity contribution in [3.8, 4) is 17.2 Å². The van der Waals surface area contributed by atoms with E-state index in [2.05, 4.69) is 17.2 Å². The molecule has 0 saturated heterocycles. The zero-order valence-corrected chi connectivity index (χ0v) is 20.5. The normalized spacial score (nSPS) is 13.2. The highest BCUT2D eigenvalue weighted by Crippen LogP contribution is 2.52. The van der Waals surface area contributed by atoms with E-state index < -0.39 is 7.75 Å². The molecule has 2 aromatic rings.